The molecular weight excluding hydrogens is 140 g/mol. The lowest BCUT2D eigenvalue weighted by Crippen LogP contribution is -1.87. The fourth-order valence-electron chi connectivity index (χ4n) is 1.09. The standard InChI is InChI=1S/C8H12N2O/c1-2-7-9-8(11-10-7)5-6-3-4-6/h6H,2-5H2,1H3. The maximum absolute atomic E-state index is 5.05. The van der Waals surface area contributed by atoms with Crippen LogP contribution in [0.4, 0.5) is 0 Å². The number of hydrogen-bond acceptors (Lipinski definition) is 3. The largest absolute Gasteiger partial charge is 0.339 e. The molecule has 0 radical (unpaired) electrons. The minimum atomic E-state index is 0.823. The Balaban J connectivity index is 1.99. The molecule has 60 valence electrons. The van der Waals surface area contributed by atoms with Gasteiger partial charge in [-0.25, -0.2) is 0 Å². The highest BCUT2D eigenvalue weighted by Crippen LogP contribution is 2.31. The van der Waals surface area contributed by atoms with Crippen LogP contribution in [0.15, 0.2) is 4.52 Å². The fraction of sp³-hybridized carbons (Fsp3) is 0.750. The molecule has 1 saturated carbocycles. The lowest BCUT2D eigenvalue weighted by atomic mass is 10.3. The van der Waals surface area contributed by atoms with Gasteiger partial charge in [0.1, 0.15) is 0 Å². The molecule has 0 spiro atoms. The summed E-state index contributed by atoms with van der Waals surface area (Å²) in [6, 6.07) is 0. The number of aromatic nitrogens is 2. The normalized spacial score (nSPS) is 17.2. The first-order chi connectivity index (χ1) is 5.38. The third kappa shape index (κ3) is 1.59. The van der Waals surface area contributed by atoms with E-state index in [4.69, 9.17) is 4.52 Å². The summed E-state index contributed by atoms with van der Waals surface area (Å²) in [5, 5.41) is 3.83. The Hall–Kier alpha value is -0.860. The molecule has 0 bridgehead atoms. The SMILES string of the molecule is CCc1noc(CC2CC2)n1. The highest BCUT2D eigenvalue weighted by atomic mass is 16.5. The highest BCUT2D eigenvalue weighted by molar-refractivity contribution is 4.90. The first-order valence-corrected chi connectivity index (χ1v) is 4.20. The molecule has 11 heavy (non-hydrogen) atoms. The summed E-state index contributed by atoms with van der Waals surface area (Å²) in [5.74, 6) is 2.49. The van der Waals surface area contributed by atoms with Gasteiger partial charge in [-0.05, 0) is 18.8 Å². The van der Waals surface area contributed by atoms with E-state index in [1.165, 1.54) is 12.8 Å². The van der Waals surface area contributed by atoms with E-state index in [0.717, 1.165) is 30.5 Å². The zero-order valence-corrected chi connectivity index (χ0v) is 6.71. The molecule has 0 N–H and O–H groups in total. The zero-order chi connectivity index (χ0) is 7.68. The third-order valence-corrected chi connectivity index (χ3v) is 1.99. The van der Waals surface area contributed by atoms with E-state index in [-0.39, 0.29) is 0 Å². The van der Waals surface area contributed by atoms with Crippen LogP contribution in [0.25, 0.3) is 0 Å². The Morgan fingerprint density at radius 1 is 1.55 bits per heavy atom. The topological polar surface area (TPSA) is 38.9 Å². The van der Waals surface area contributed by atoms with Crippen LogP contribution >= 0.6 is 0 Å². The minimum absolute atomic E-state index is 0.823. The molecule has 1 heterocycles. The monoisotopic (exact) mass is 152 g/mol. The first kappa shape index (κ1) is 6.83. The van der Waals surface area contributed by atoms with Gasteiger partial charge in [0.25, 0.3) is 0 Å². The number of rotatable bonds is 3. The second-order valence-electron chi connectivity index (χ2n) is 3.11. The van der Waals surface area contributed by atoms with Crippen molar-refractivity contribution in [2.24, 2.45) is 5.92 Å². The van der Waals surface area contributed by atoms with Gasteiger partial charge in [-0.1, -0.05) is 12.1 Å². The maximum atomic E-state index is 5.05. The van der Waals surface area contributed by atoms with Crippen LogP contribution in [0.1, 0.15) is 31.5 Å². The predicted molar refractivity (Wildman–Crippen MR) is 40.1 cm³/mol. The van der Waals surface area contributed by atoms with Gasteiger partial charge in [-0.2, -0.15) is 4.98 Å². The van der Waals surface area contributed by atoms with Gasteiger partial charge in [0, 0.05) is 12.8 Å². The second kappa shape index (κ2) is 2.64. The quantitative estimate of drug-likeness (QED) is 0.660. The predicted octanol–water partition coefficient (Wildman–Crippen LogP) is 1.58. The van der Waals surface area contributed by atoms with Gasteiger partial charge >= 0.3 is 0 Å². The van der Waals surface area contributed by atoms with Crippen LogP contribution in [-0.2, 0) is 12.8 Å². The number of hydrogen-bond donors (Lipinski definition) is 0. The van der Waals surface area contributed by atoms with Gasteiger partial charge in [-0.15, -0.1) is 0 Å². The van der Waals surface area contributed by atoms with Crippen LogP contribution in [0.3, 0.4) is 0 Å². The molecule has 1 aliphatic rings. The van der Waals surface area contributed by atoms with Crippen molar-refractivity contribution in [3.8, 4) is 0 Å². The zero-order valence-electron chi connectivity index (χ0n) is 6.71. The van der Waals surface area contributed by atoms with E-state index in [1.807, 2.05) is 6.92 Å². The molecule has 1 fully saturated rings. The average molecular weight is 152 g/mol. The number of aryl methyl sites for hydroxylation is 1. The molecule has 1 aromatic heterocycles. The van der Waals surface area contributed by atoms with Crippen LogP contribution < -0.4 is 0 Å². The molecule has 0 atom stereocenters. The summed E-state index contributed by atoms with van der Waals surface area (Å²) in [4.78, 5) is 4.23. The van der Waals surface area contributed by atoms with Crippen molar-refractivity contribution in [1.82, 2.24) is 10.1 Å². The van der Waals surface area contributed by atoms with E-state index >= 15 is 0 Å². The van der Waals surface area contributed by atoms with E-state index in [9.17, 15) is 0 Å². The summed E-state index contributed by atoms with van der Waals surface area (Å²) in [7, 11) is 0. The second-order valence-corrected chi connectivity index (χ2v) is 3.11. The summed E-state index contributed by atoms with van der Waals surface area (Å²) >= 11 is 0. The van der Waals surface area contributed by atoms with Crippen molar-refractivity contribution in [2.75, 3.05) is 0 Å². The van der Waals surface area contributed by atoms with Crippen LogP contribution in [-0.4, -0.2) is 10.1 Å². The van der Waals surface area contributed by atoms with E-state index < -0.39 is 0 Å². The highest BCUT2D eigenvalue weighted by Gasteiger charge is 2.24. The molecule has 3 nitrogen and oxygen atoms in total. The average Bonchev–Trinajstić information content (AvgIpc) is 2.68. The van der Waals surface area contributed by atoms with E-state index in [1.54, 1.807) is 0 Å². The van der Waals surface area contributed by atoms with Gasteiger partial charge in [-0.3, -0.25) is 0 Å². The van der Waals surface area contributed by atoms with Crippen molar-refractivity contribution in [3.63, 3.8) is 0 Å². The molecule has 0 amide bonds. The van der Waals surface area contributed by atoms with Gasteiger partial charge in [0.15, 0.2) is 5.82 Å². The fourth-order valence-corrected chi connectivity index (χ4v) is 1.09. The lowest BCUT2D eigenvalue weighted by molar-refractivity contribution is 0.368. The van der Waals surface area contributed by atoms with Crippen LogP contribution in [0, 0.1) is 5.92 Å². The van der Waals surface area contributed by atoms with Crippen molar-refractivity contribution in [3.05, 3.63) is 11.7 Å². The Labute approximate surface area is 65.8 Å². The first-order valence-electron chi connectivity index (χ1n) is 4.20. The minimum Gasteiger partial charge on any atom is -0.339 e. The molecule has 3 heteroatoms. The smallest absolute Gasteiger partial charge is 0.226 e. The van der Waals surface area contributed by atoms with Crippen LogP contribution in [0.5, 0.6) is 0 Å². The van der Waals surface area contributed by atoms with Crippen molar-refractivity contribution < 1.29 is 4.52 Å². The molecule has 0 unspecified atom stereocenters. The molecule has 0 aliphatic heterocycles. The van der Waals surface area contributed by atoms with Crippen LogP contribution in [0.2, 0.25) is 0 Å². The Bertz CT molecular complexity index is 240. The van der Waals surface area contributed by atoms with Crippen molar-refractivity contribution >= 4 is 0 Å². The molecule has 1 aliphatic carbocycles. The van der Waals surface area contributed by atoms with Gasteiger partial charge in [0.2, 0.25) is 5.89 Å². The summed E-state index contributed by atoms with van der Waals surface area (Å²) < 4.78 is 5.05. The van der Waals surface area contributed by atoms with Gasteiger partial charge in [0.05, 0.1) is 0 Å². The lowest BCUT2D eigenvalue weighted by Gasteiger charge is -1.85. The van der Waals surface area contributed by atoms with Crippen molar-refractivity contribution in [1.29, 1.82) is 0 Å². The summed E-state index contributed by atoms with van der Waals surface area (Å²) in [5.41, 5.74) is 0. The van der Waals surface area contributed by atoms with E-state index in [2.05, 4.69) is 10.1 Å². The number of nitrogens with zero attached hydrogens (tertiary/aromatic N) is 2. The molecule has 2 rings (SSSR count). The van der Waals surface area contributed by atoms with E-state index in [0.29, 0.717) is 0 Å². The Kier molecular flexibility index (Phi) is 1.64. The summed E-state index contributed by atoms with van der Waals surface area (Å²) in [6.45, 7) is 2.03. The molecule has 0 saturated heterocycles. The maximum Gasteiger partial charge on any atom is 0.226 e. The van der Waals surface area contributed by atoms with Crippen molar-refractivity contribution in [2.45, 2.75) is 32.6 Å². The molecule has 0 aromatic carbocycles. The summed E-state index contributed by atoms with van der Waals surface area (Å²) in [6.07, 6.45) is 4.54. The van der Waals surface area contributed by atoms with Gasteiger partial charge < -0.3 is 4.52 Å². The Morgan fingerprint density at radius 2 is 2.36 bits per heavy atom. The Morgan fingerprint density at radius 3 is 2.91 bits per heavy atom. The molecule has 1 aromatic rings. The molecular formula is C8H12N2O. The third-order valence-electron chi connectivity index (χ3n) is 1.99.